The van der Waals surface area contributed by atoms with E-state index in [1.807, 2.05) is 6.92 Å². The lowest BCUT2D eigenvalue weighted by atomic mass is 10.2. The lowest BCUT2D eigenvalue weighted by molar-refractivity contribution is 0.878. The van der Waals surface area contributed by atoms with E-state index in [-0.39, 0.29) is 6.04 Å². The highest BCUT2D eigenvalue weighted by molar-refractivity contribution is 7.97. The van der Waals surface area contributed by atoms with Gasteiger partial charge < -0.3 is 5.73 Å². The topological polar surface area (TPSA) is 52.0 Å². The molecule has 0 aromatic rings. The molecule has 1 atom stereocenters. The van der Waals surface area contributed by atoms with Gasteiger partial charge >= 0.3 is 0 Å². The van der Waals surface area contributed by atoms with Gasteiger partial charge in [-0.15, -0.1) is 0 Å². The molecule has 0 aliphatic heterocycles. The molecule has 0 rings (SSSR count). The second-order valence-electron chi connectivity index (χ2n) is 1.79. The standard InChI is InChI=1S/C5H12N2S/c1-4(2)5(6)3-8-7/h5H,1,3,6-7H2,2H3. The van der Waals surface area contributed by atoms with Gasteiger partial charge in [0.1, 0.15) is 0 Å². The van der Waals surface area contributed by atoms with Crippen LogP contribution in [0.1, 0.15) is 6.92 Å². The fraction of sp³-hybridized carbons (Fsp3) is 0.600. The van der Waals surface area contributed by atoms with Crippen LogP contribution in [-0.2, 0) is 0 Å². The minimum Gasteiger partial charge on any atom is -0.324 e. The van der Waals surface area contributed by atoms with Crippen molar-refractivity contribution in [1.29, 1.82) is 0 Å². The molecule has 4 N–H and O–H groups in total. The lowest BCUT2D eigenvalue weighted by Gasteiger charge is -2.06. The Hall–Kier alpha value is 0.01000. The number of hydrogen-bond donors (Lipinski definition) is 2. The molecule has 0 spiro atoms. The predicted octanol–water partition coefficient (Wildman–Crippen LogP) is 0.497. The van der Waals surface area contributed by atoms with Crippen molar-refractivity contribution in [3.8, 4) is 0 Å². The van der Waals surface area contributed by atoms with Gasteiger partial charge in [-0.05, 0) is 6.92 Å². The molecule has 3 heteroatoms. The Bertz CT molecular complexity index is 82.5. The Kier molecular flexibility index (Phi) is 3.95. The molecule has 0 saturated heterocycles. The summed E-state index contributed by atoms with van der Waals surface area (Å²) in [6.07, 6.45) is 0. The molecule has 2 nitrogen and oxygen atoms in total. The van der Waals surface area contributed by atoms with Gasteiger partial charge in [-0.2, -0.15) is 0 Å². The van der Waals surface area contributed by atoms with Gasteiger partial charge in [-0.1, -0.05) is 24.1 Å². The summed E-state index contributed by atoms with van der Waals surface area (Å²) < 4.78 is 0. The van der Waals surface area contributed by atoms with Crippen molar-refractivity contribution in [1.82, 2.24) is 0 Å². The molecule has 1 unspecified atom stereocenters. The molecule has 0 radical (unpaired) electrons. The zero-order valence-corrected chi connectivity index (χ0v) is 5.87. The van der Waals surface area contributed by atoms with Crippen LogP contribution in [0.3, 0.4) is 0 Å². The SMILES string of the molecule is C=C(C)C(N)CSN. The Morgan fingerprint density at radius 2 is 2.38 bits per heavy atom. The molecule has 0 bridgehead atoms. The van der Waals surface area contributed by atoms with Gasteiger partial charge in [-0.25, -0.2) is 0 Å². The van der Waals surface area contributed by atoms with Crippen LogP contribution < -0.4 is 10.9 Å². The first-order chi connectivity index (χ1) is 3.68. The predicted molar refractivity (Wildman–Crippen MR) is 39.4 cm³/mol. The van der Waals surface area contributed by atoms with E-state index in [1.165, 1.54) is 11.9 Å². The summed E-state index contributed by atoms with van der Waals surface area (Å²) in [5.74, 6) is 0.759. The maximum atomic E-state index is 5.53. The molecule has 0 aliphatic carbocycles. The van der Waals surface area contributed by atoms with E-state index in [0.29, 0.717) is 0 Å². The van der Waals surface area contributed by atoms with Crippen molar-refractivity contribution in [2.75, 3.05) is 5.75 Å². The highest BCUT2D eigenvalue weighted by Crippen LogP contribution is 1.98. The quantitative estimate of drug-likeness (QED) is 0.434. The normalized spacial score (nSPS) is 13.4. The summed E-state index contributed by atoms with van der Waals surface area (Å²) in [4.78, 5) is 0. The van der Waals surface area contributed by atoms with Crippen LogP contribution in [-0.4, -0.2) is 11.8 Å². The molecule has 0 saturated carbocycles. The van der Waals surface area contributed by atoms with E-state index < -0.39 is 0 Å². The molecule has 0 aliphatic rings. The summed E-state index contributed by atoms with van der Waals surface area (Å²) in [5.41, 5.74) is 6.52. The van der Waals surface area contributed by atoms with Gasteiger partial charge in [0.2, 0.25) is 0 Å². The highest BCUT2D eigenvalue weighted by Gasteiger charge is 1.98. The van der Waals surface area contributed by atoms with Crippen molar-refractivity contribution in [2.24, 2.45) is 10.9 Å². The maximum absolute atomic E-state index is 5.53. The lowest BCUT2D eigenvalue weighted by Crippen LogP contribution is -2.24. The van der Waals surface area contributed by atoms with Gasteiger partial charge in [0, 0.05) is 11.8 Å². The van der Waals surface area contributed by atoms with Gasteiger partial charge in [0.25, 0.3) is 0 Å². The van der Waals surface area contributed by atoms with Crippen LogP contribution in [0, 0.1) is 0 Å². The summed E-state index contributed by atoms with van der Waals surface area (Å²) >= 11 is 1.25. The van der Waals surface area contributed by atoms with Crippen molar-refractivity contribution in [3.05, 3.63) is 12.2 Å². The van der Waals surface area contributed by atoms with E-state index in [9.17, 15) is 0 Å². The van der Waals surface area contributed by atoms with Crippen LogP contribution in [0.25, 0.3) is 0 Å². The maximum Gasteiger partial charge on any atom is 0.0353 e. The van der Waals surface area contributed by atoms with Crippen LogP contribution in [0.2, 0.25) is 0 Å². The van der Waals surface area contributed by atoms with Crippen molar-refractivity contribution in [3.63, 3.8) is 0 Å². The number of nitrogens with two attached hydrogens (primary N) is 2. The Morgan fingerprint density at radius 3 is 2.50 bits per heavy atom. The molecule has 0 fully saturated rings. The van der Waals surface area contributed by atoms with E-state index in [4.69, 9.17) is 10.9 Å². The molecular formula is C5H12N2S. The molecule has 0 aromatic heterocycles. The second kappa shape index (κ2) is 3.95. The summed E-state index contributed by atoms with van der Waals surface area (Å²) in [6.45, 7) is 5.58. The summed E-state index contributed by atoms with van der Waals surface area (Å²) in [7, 11) is 0. The summed E-state index contributed by atoms with van der Waals surface area (Å²) in [5, 5.41) is 5.16. The first-order valence-electron chi connectivity index (χ1n) is 2.41. The largest absolute Gasteiger partial charge is 0.324 e. The smallest absolute Gasteiger partial charge is 0.0353 e. The Balaban J connectivity index is 3.32. The van der Waals surface area contributed by atoms with Gasteiger partial charge in [-0.3, -0.25) is 5.14 Å². The Labute approximate surface area is 54.4 Å². The molecule has 0 heterocycles. The van der Waals surface area contributed by atoms with E-state index in [2.05, 4.69) is 6.58 Å². The van der Waals surface area contributed by atoms with Crippen molar-refractivity contribution >= 4 is 11.9 Å². The third kappa shape index (κ3) is 3.07. The van der Waals surface area contributed by atoms with E-state index in [0.717, 1.165) is 11.3 Å². The zero-order chi connectivity index (χ0) is 6.57. The number of hydrogen-bond acceptors (Lipinski definition) is 3. The molecular weight excluding hydrogens is 120 g/mol. The fourth-order valence-corrected chi connectivity index (χ4v) is 0.738. The van der Waals surface area contributed by atoms with E-state index >= 15 is 0 Å². The fourth-order valence-electron chi connectivity index (χ4n) is 0.246. The van der Waals surface area contributed by atoms with Gasteiger partial charge in [0.05, 0.1) is 0 Å². The van der Waals surface area contributed by atoms with Crippen molar-refractivity contribution < 1.29 is 0 Å². The van der Waals surface area contributed by atoms with E-state index in [1.54, 1.807) is 0 Å². The highest BCUT2D eigenvalue weighted by atomic mass is 32.2. The first-order valence-corrected chi connectivity index (χ1v) is 3.46. The summed E-state index contributed by atoms with van der Waals surface area (Å²) in [6, 6.07) is 0.0602. The molecule has 0 amide bonds. The van der Waals surface area contributed by atoms with Crippen molar-refractivity contribution in [2.45, 2.75) is 13.0 Å². The Morgan fingerprint density at radius 1 is 1.88 bits per heavy atom. The van der Waals surface area contributed by atoms with Crippen LogP contribution in [0.5, 0.6) is 0 Å². The zero-order valence-electron chi connectivity index (χ0n) is 5.05. The third-order valence-electron chi connectivity index (χ3n) is 0.909. The van der Waals surface area contributed by atoms with Crippen LogP contribution in [0.4, 0.5) is 0 Å². The number of rotatable bonds is 3. The molecule has 8 heavy (non-hydrogen) atoms. The minimum absolute atomic E-state index is 0.0602. The third-order valence-corrected chi connectivity index (χ3v) is 1.46. The average Bonchev–Trinajstić information content (AvgIpc) is 1.67. The average molecular weight is 132 g/mol. The second-order valence-corrected chi connectivity index (χ2v) is 2.45. The van der Waals surface area contributed by atoms with Crippen LogP contribution in [0.15, 0.2) is 12.2 Å². The molecule has 48 valence electrons. The van der Waals surface area contributed by atoms with Gasteiger partial charge in [0.15, 0.2) is 0 Å². The first kappa shape index (κ1) is 8.01. The molecule has 0 aromatic carbocycles. The minimum atomic E-state index is 0.0602. The van der Waals surface area contributed by atoms with Crippen LogP contribution >= 0.6 is 11.9 Å². The monoisotopic (exact) mass is 132 g/mol.